The van der Waals surface area contributed by atoms with Crippen molar-refractivity contribution >= 4 is 84.1 Å². The molecule has 3 amide bonds. The molecule has 0 aliphatic carbocycles. The summed E-state index contributed by atoms with van der Waals surface area (Å²) < 4.78 is 7.59. The van der Waals surface area contributed by atoms with Crippen LogP contribution in [0.4, 0.5) is 11.4 Å². The van der Waals surface area contributed by atoms with E-state index in [0.717, 1.165) is 25.8 Å². The van der Waals surface area contributed by atoms with Gasteiger partial charge >= 0.3 is 4.87 Å². The highest BCUT2D eigenvalue weighted by atomic mass is 79.9. The smallest absolute Gasteiger partial charge is 0.305 e. The van der Waals surface area contributed by atoms with Crippen LogP contribution in [-0.2, 0) is 14.4 Å². The van der Waals surface area contributed by atoms with E-state index in [-0.39, 0.29) is 29.2 Å². The highest BCUT2D eigenvalue weighted by Crippen LogP contribution is 2.54. The van der Waals surface area contributed by atoms with Crippen LogP contribution in [0.3, 0.4) is 0 Å². The average molecular weight is 715 g/mol. The first-order chi connectivity index (χ1) is 19.7. The number of nitrogens with zero attached hydrogens (tertiary/aromatic N) is 1. The summed E-state index contributed by atoms with van der Waals surface area (Å²) in [5.74, 6) is -2.08. The molecule has 0 radical (unpaired) electrons. The van der Waals surface area contributed by atoms with Crippen LogP contribution in [-0.4, -0.2) is 34.6 Å². The number of benzene rings is 3. The number of H-pyrrole nitrogens is 1. The van der Waals surface area contributed by atoms with Crippen LogP contribution in [0.1, 0.15) is 21.9 Å². The molecule has 12 heteroatoms. The molecule has 6 rings (SSSR count). The second-order valence-corrected chi connectivity index (χ2v) is 13.6. The van der Waals surface area contributed by atoms with Gasteiger partial charge in [0.1, 0.15) is 11.0 Å². The van der Waals surface area contributed by atoms with Gasteiger partial charge in [0.25, 0.3) is 5.91 Å². The molecule has 4 aromatic rings. The molecule has 3 aromatic carbocycles. The lowest BCUT2D eigenvalue weighted by Gasteiger charge is -2.31. The minimum absolute atomic E-state index is 0.271. The maximum absolute atomic E-state index is 14.0. The summed E-state index contributed by atoms with van der Waals surface area (Å²) >= 11 is 9.14. The lowest BCUT2D eigenvalue weighted by Crippen LogP contribution is -2.32. The van der Waals surface area contributed by atoms with Gasteiger partial charge in [-0.05, 0) is 61.0 Å². The van der Waals surface area contributed by atoms with Gasteiger partial charge in [0, 0.05) is 31.0 Å². The van der Waals surface area contributed by atoms with Gasteiger partial charge in [0.15, 0.2) is 6.61 Å². The van der Waals surface area contributed by atoms with Gasteiger partial charge in [0.05, 0.1) is 16.6 Å². The van der Waals surface area contributed by atoms with Crippen LogP contribution in [0, 0.1) is 12.8 Å². The van der Waals surface area contributed by atoms with Crippen molar-refractivity contribution < 1.29 is 19.1 Å². The Kier molecular flexibility index (Phi) is 7.66. The number of imide groups is 1. The number of halogens is 2. The molecule has 208 valence electrons. The second kappa shape index (κ2) is 11.2. The van der Waals surface area contributed by atoms with Gasteiger partial charge in [0.2, 0.25) is 11.8 Å². The Morgan fingerprint density at radius 3 is 2.49 bits per heavy atom. The number of aromatic nitrogens is 1. The Hall–Kier alpha value is -3.19. The predicted octanol–water partition coefficient (Wildman–Crippen LogP) is 6.08. The van der Waals surface area contributed by atoms with E-state index in [4.69, 9.17) is 4.74 Å². The number of rotatable bonds is 6. The number of carbonyl (C=O) groups is 3. The Morgan fingerprint density at radius 1 is 1.00 bits per heavy atom. The van der Waals surface area contributed by atoms with E-state index in [1.165, 1.54) is 16.7 Å². The number of para-hydroxylation sites is 1. The van der Waals surface area contributed by atoms with Crippen molar-refractivity contribution in [1.82, 2.24) is 4.98 Å². The van der Waals surface area contributed by atoms with Crippen LogP contribution in [0.2, 0.25) is 0 Å². The normalized spacial score (nSPS) is 19.6. The SMILES string of the molecule is Cc1ccccc1NC(=O)COc1ccc(Br)cc1C1c2sc(=O)[nH]c2SC2C(=O)N(c3ccc(Br)cc3)C(=O)C21. The second-order valence-electron chi connectivity index (χ2n) is 9.57. The van der Waals surface area contributed by atoms with Crippen molar-refractivity contribution in [3.63, 3.8) is 0 Å². The van der Waals surface area contributed by atoms with E-state index in [1.54, 1.807) is 36.4 Å². The quantitative estimate of drug-likeness (QED) is 0.235. The maximum Gasteiger partial charge on any atom is 0.305 e. The number of carbonyl (C=O) groups excluding carboxylic acids is 3. The zero-order valence-corrected chi connectivity index (χ0v) is 26.2. The molecule has 2 aliphatic heterocycles. The van der Waals surface area contributed by atoms with Crippen molar-refractivity contribution in [1.29, 1.82) is 0 Å². The van der Waals surface area contributed by atoms with Crippen molar-refractivity contribution in [2.45, 2.75) is 23.1 Å². The number of thioether (sulfide) groups is 1. The fourth-order valence-corrected chi connectivity index (χ4v) is 8.28. The Balaban J connectivity index is 1.37. The number of fused-ring (bicyclic) bond motifs is 2. The van der Waals surface area contributed by atoms with E-state index >= 15 is 0 Å². The predicted molar refractivity (Wildman–Crippen MR) is 166 cm³/mol. The molecule has 3 unspecified atom stereocenters. The van der Waals surface area contributed by atoms with Crippen molar-refractivity contribution in [3.05, 3.63) is 101 Å². The van der Waals surface area contributed by atoms with E-state index in [2.05, 4.69) is 42.2 Å². The number of anilines is 2. The van der Waals surface area contributed by atoms with E-state index in [0.29, 0.717) is 32.6 Å². The third-order valence-corrected chi connectivity index (χ3v) is 10.4. The largest absolute Gasteiger partial charge is 0.483 e. The van der Waals surface area contributed by atoms with Crippen molar-refractivity contribution in [3.8, 4) is 5.75 Å². The molecule has 1 fully saturated rings. The maximum atomic E-state index is 14.0. The summed E-state index contributed by atoms with van der Waals surface area (Å²) in [6.45, 7) is 1.63. The molecular formula is C29H21Br2N3O5S2. The van der Waals surface area contributed by atoms with Gasteiger partial charge in [-0.15, -0.1) is 0 Å². The summed E-state index contributed by atoms with van der Waals surface area (Å²) in [7, 11) is 0. The summed E-state index contributed by atoms with van der Waals surface area (Å²) in [5, 5.41) is 2.68. The summed E-state index contributed by atoms with van der Waals surface area (Å²) in [6, 6.07) is 19.8. The zero-order valence-electron chi connectivity index (χ0n) is 21.4. The molecule has 0 bridgehead atoms. The van der Waals surface area contributed by atoms with Gasteiger partial charge < -0.3 is 15.0 Å². The lowest BCUT2D eigenvalue weighted by molar-refractivity contribution is -0.122. The first kappa shape index (κ1) is 28.0. The summed E-state index contributed by atoms with van der Waals surface area (Å²) in [5.41, 5.74) is 2.70. The van der Waals surface area contributed by atoms with Crippen LogP contribution < -0.4 is 19.8 Å². The molecule has 41 heavy (non-hydrogen) atoms. The molecule has 0 saturated carbocycles. The number of hydrogen-bond donors (Lipinski definition) is 2. The third kappa shape index (κ3) is 5.29. The van der Waals surface area contributed by atoms with E-state index < -0.39 is 17.1 Å². The fraction of sp³-hybridized carbons (Fsp3) is 0.172. The standard InChI is InChI=1S/C29H21Br2N3O5S2/c1-14-4-2-3-5-19(14)32-21(35)13-39-20-11-8-16(31)12-18(20)22-23-25(40-26-24(22)41-29(38)33-26)28(37)34(27(23)36)17-9-6-15(30)7-10-17/h2-12,22-23,25H,13H2,1H3,(H,32,35)(H,33,38). The number of hydrogen-bond acceptors (Lipinski definition) is 7. The molecule has 8 nitrogen and oxygen atoms in total. The molecular weight excluding hydrogens is 694 g/mol. The van der Waals surface area contributed by atoms with Crippen molar-refractivity contribution in [2.24, 2.45) is 5.92 Å². The van der Waals surface area contributed by atoms with Crippen LogP contribution in [0.15, 0.2) is 85.5 Å². The van der Waals surface area contributed by atoms with Gasteiger partial charge in [-0.25, -0.2) is 4.90 Å². The molecule has 1 aromatic heterocycles. The highest BCUT2D eigenvalue weighted by Gasteiger charge is 2.56. The van der Waals surface area contributed by atoms with E-state index in [9.17, 15) is 19.2 Å². The molecule has 0 spiro atoms. The monoisotopic (exact) mass is 713 g/mol. The fourth-order valence-electron chi connectivity index (χ4n) is 5.13. The van der Waals surface area contributed by atoms with Gasteiger partial charge in [-0.2, -0.15) is 0 Å². The number of thiazole rings is 1. The number of aromatic amines is 1. The van der Waals surface area contributed by atoms with Gasteiger partial charge in [-0.1, -0.05) is 73.2 Å². The number of aryl methyl sites for hydroxylation is 1. The van der Waals surface area contributed by atoms with Gasteiger partial charge in [-0.3, -0.25) is 19.2 Å². The van der Waals surface area contributed by atoms with E-state index in [1.807, 2.05) is 37.3 Å². The number of ether oxygens (including phenoxy) is 1. The molecule has 2 N–H and O–H groups in total. The zero-order chi connectivity index (χ0) is 28.8. The number of amides is 3. The third-order valence-electron chi connectivity index (χ3n) is 6.99. The lowest BCUT2D eigenvalue weighted by atomic mass is 9.82. The minimum atomic E-state index is -0.785. The van der Waals surface area contributed by atoms with Crippen LogP contribution >= 0.6 is 55.0 Å². The first-order valence-corrected chi connectivity index (χ1v) is 15.8. The molecule has 3 atom stereocenters. The minimum Gasteiger partial charge on any atom is -0.483 e. The highest BCUT2D eigenvalue weighted by molar-refractivity contribution is 9.10. The first-order valence-electron chi connectivity index (χ1n) is 12.5. The van der Waals surface area contributed by atoms with Crippen LogP contribution in [0.5, 0.6) is 5.75 Å². The molecule has 3 heterocycles. The summed E-state index contributed by atoms with van der Waals surface area (Å²) in [4.78, 5) is 57.4. The average Bonchev–Trinajstić information content (AvgIpc) is 3.44. The Morgan fingerprint density at radius 2 is 1.73 bits per heavy atom. The topological polar surface area (TPSA) is 109 Å². The van der Waals surface area contributed by atoms with Crippen LogP contribution in [0.25, 0.3) is 0 Å². The number of nitrogens with one attached hydrogen (secondary N) is 2. The molecule has 1 saturated heterocycles. The Bertz CT molecular complexity index is 1750. The molecule has 2 aliphatic rings. The summed E-state index contributed by atoms with van der Waals surface area (Å²) in [6.07, 6.45) is 0. The Labute approximate surface area is 259 Å². The van der Waals surface area contributed by atoms with Crippen molar-refractivity contribution in [2.75, 3.05) is 16.8 Å².